The third-order valence-corrected chi connectivity index (χ3v) is 6.85. The van der Waals surface area contributed by atoms with Gasteiger partial charge in [0.25, 0.3) is 5.78 Å². The van der Waals surface area contributed by atoms with Gasteiger partial charge in [0, 0.05) is 5.56 Å². The summed E-state index contributed by atoms with van der Waals surface area (Å²) in [6.07, 6.45) is 0. The van der Waals surface area contributed by atoms with Gasteiger partial charge in [-0.3, -0.25) is 14.5 Å². The molecule has 0 bridgehead atoms. The van der Waals surface area contributed by atoms with E-state index in [9.17, 15) is 19.8 Å². The number of hydrogen-bond donors (Lipinski definition) is 3. The first kappa shape index (κ1) is 26.8. The molecule has 1 amide bonds. The Morgan fingerprint density at radius 3 is 2.42 bits per heavy atom. The molecule has 0 spiro atoms. The summed E-state index contributed by atoms with van der Waals surface area (Å²) in [6.45, 7) is 8.47. The van der Waals surface area contributed by atoms with Gasteiger partial charge in [0.2, 0.25) is 5.95 Å². The molecule has 3 aromatic carbocycles. The fraction of sp³-hybridized carbons (Fsp3) is 0.258. The first-order valence-corrected chi connectivity index (χ1v) is 13.2. The van der Waals surface area contributed by atoms with E-state index in [1.165, 1.54) is 11.0 Å². The van der Waals surface area contributed by atoms with E-state index in [1.807, 2.05) is 39.0 Å². The molecule has 4 aromatic rings. The number of hydrogen-bond acceptors (Lipinski definition) is 7. The second kappa shape index (κ2) is 10.8. The number of ether oxygens (including phenoxy) is 2. The molecule has 1 unspecified atom stereocenters. The van der Waals surface area contributed by atoms with E-state index in [4.69, 9.17) is 9.47 Å². The highest BCUT2D eigenvalue weighted by atomic mass is 16.5. The minimum Gasteiger partial charge on any atom is -0.507 e. The quantitative estimate of drug-likeness (QED) is 0.146. The van der Waals surface area contributed by atoms with Crippen LogP contribution in [0.25, 0.3) is 16.8 Å². The number of aliphatic hydroxyl groups excluding tert-OH is 1. The maximum atomic E-state index is 13.6. The van der Waals surface area contributed by atoms with E-state index in [0.29, 0.717) is 41.1 Å². The number of para-hydroxylation sites is 2. The molecule has 9 nitrogen and oxygen atoms in total. The Labute approximate surface area is 231 Å². The molecule has 1 saturated heterocycles. The monoisotopic (exact) mass is 541 g/mol. The van der Waals surface area contributed by atoms with Crippen molar-refractivity contribution in [2.75, 3.05) is 18.1 Å². The van der Waals surface area contributed by atoms with Gasteiger partial charge in [-0.15, -0.1) is 0 Å². The number of nitrogens with one attached hydrogen (secondary N) is 1. The van der Waals surface area contributed by atoms with E-state index in [1.54, 1.807) is 43.3 Å². The summed E-state index contributed by atoms with van der Waals surface area (Å²) in [7, 11) is 0. The lowest BCUT2D eigenvalue weighted by Crippen LogP contribution is -2.30. The number of anilines is 1. The van der Waals surface area contributed by atoms with Gasteiger partial charge >= 0.3 is 5.91 Å². The van der Waals surface area contributed by atoms with Crippen LogP contribution in [0.15, 0.2) is 66.2 Å². The number of carbonyl (C=O) groups excluding carboxylic acids is 2. The van der Waals surface area contributed by atoms with Crippen molar-refractivity contribution in [1.82, 2.24) is 9.97 Å². The number of Topliss-reactive ketones (excluding diaryl/α,β-unsaturated/α-hetero) is 1. The molecule has 1 aliphatic rings. The van der Waals surface area contributed by atoms with Crippen LogP contribution in [-0.2, 0) is 9.59 Å². The van der Waals surface area contributed by atoms with Crippen LogP contribution in [-0.4, -0.2) is 45.1 Å². The highest BCUT2D eigenvalue weighted by Crippen LogP contribution is 2.44. The Bertz CT molecular complexity index is 1600. The van der Waals surface area contributed by atoms with Gasteiger partial charge in [0.1, 0.15) is 11.5 Å². The third kappa shape index (κ3) is 4.64. The zero-order valence-electron chi connectivity index (χ0n) is 22.8. The van der Waals surface area contributed by atoms with Crippen LogP contribution in [0.5, 0.6) is 17.2 Å². The highest BCUT2D eigenvalue weighted by molar-refractivity contribution is 6.51. The Hall–Kier alpha value is -4.79. The predicted molar refractivity (Wildman–Crippen MR) is 152 cm³/mol. The zero-order chi connectivity index (χ0) is 28.6. The van der Waals surface area contributed by atoms with Crippen LogP contribution in [0.1, 0.15) is 56.3 Å². The Balaban J connectivity index is 1.73. The number of H-pyrrole nitrogens is 1. The Kier molecular flexibility index (Phi) is 7.21. The van der Waals surface area contributed by atoms with Crippen molar-refractivity contribution in [2.24, 2.45) is 0 Å². The van der Waals surface area contributed by atoms with Crippen LogP contribution in [0, 0.1) is 0 Å². The average Bonchev–Trinajstić information content (AvgIpc) is 3.48. The normalized spacial score (nSPS) is 16.7. The van der Waals surface area contributed by atoms with Crippen molar-refractivity contribution in [3.8, 4) is 17.2 Å². The fourth-order valence-corrected chi connectivity index (χ4v) is 4.98. The molecule has 1 aliphatic heterocycles. The van der Waals surface area contributed by atoms with E-state index in [-0.39, 0.29) is 34.7 Å². The average molecular weight is 542 g/mol. The van der Waals surface area contributed by atoms with E-state index in [2.05, 4.69) is 9.97 Å². The summed E-state index contributed by atoms with van der Waals surface area (Å²) < 4.78 is 11.3. The third-order valence-electron chi connectivity index (χ3n) is 6.85. The molecule has 0 saturated carbocycles. The second-order valence-electron chi connectivity index (χ2n) is 9.75. The number of ketones is 1. The summed E-state index contributed by atoms with van der Waals surface area (Å²) in [4.78, 5) is 36.1. The summed E-state index contributed by atoms with van der Waals surface area (Å²) in [5.41, 5.74) is 2.90. The Morgan fingerprint density at radius 2 is 1.73 bits per heavy atom. The van der Waals surface area contributed by atoms with Crippen molar-refractivity contribution in [2.45, 2.75) is 39.7 Å². The summed E-state index contributed by atoms with van der Waals surface area (Å²) in [5.74, 6) is -0.980. The Morgan fingerprint density at radius 1 is 1.00 bits per heavy atom. The van der Waals surface area contributed by atoms with Gasteiger partial charge in [0.15, 0.2) is 11.5 Å². The number of aromatic nitrogens is 2. The zero-order valence-corrected chi connectivity index (χ0v) is 22.8. The number of phenolic OH excluding ortho intramolecular Hbond substituents is 1. The number of amides is 1. The van der Waals surface area contributed by atoms with Gasteiger partial charge in [-0.1, -0.05) is 32.0 Å². The fourth-order valence-electron chi connectivity index (χ4n) is 4.98. The number of fused-ring (bicyclic) bond motifs is 1. The SMILES string of the molecule is CCOc1cc(C2/C(=C(\O)c3ccc(OCC)c(C(C)C)c3)C(=O)C(=O)N2c2nc3ccccc3[nH]2)ccc1O. The van der Waals surface area contributed by atoms with Crippen molar-refractivity contribution >= 4 is 34.4 Å². The maximum Gasteiger partial charge on any atom is 0.302 e. The number of benzene rings is 3. The molecule has 206 valence electrons. The summed E-state index contributed by atoms with van der Waals surface area (Å²) in [5, 5.41) is 22.0. The molecule has 0 radical (unpaired) electrons. The van der Waals surface area contributed by atoms with Crippen molar-refractivity contribution in [3.05, 3.63) is 82.9 Å². The van der Waals surface area contributed by atoms with Crippen LogP contribution < -0.4 is 14.4 Å². The number of nitrogens with zero attached hydrogens (tertiary/aromatic N) is 2. The van der Waals surface area contributed by atoms with Crippen LogP contribution in [0.3, 0.4) is 0 Å². The standard InChI is InChI=1S/C31H31N3O6/c1-5-39-24-14-12-19(15-20(24)17(3)4)28(36)26-27(18-11-13-23(35)25(16-18)40-6-2)34(30(38)29(26)37)31-32-21-9-7-8-10-22(21)33-31/h7-17,27,35-36H,5-6H2,1-4H3,(H,32,33)/b28-26+. The molecule has 40 heavy (non-hydrogen) atoms. The molecule has 0 aliphatic carbocycles. The molecule has 9 heteroatoms. The smallest absolute Gasteiger partial charge is 0.302 e. The van der Waals surface area contributed by atoms with Gasteiger partial charge in [-0.25, -0.2) is 4.98 Å². The van der Waals surface area contributed by atoms with Crippen LogP contribution in [0.4, 0.5) is 5.95 Å². The highest BCUT2D eigenvalue weighted by Gasteiger charge is 2.48. The molecule has 1 aromatic heterocycles. The van der Waals surface area contributed by atoms with Gasteiger partial charge in [-0.2, -0.15) is 0 Å². The number of aromatic hydroxyl groups is 1. The van der Waals surface area contributed by atoms with E-state index >= 15 is 0 Å². The lowest BCUT2D eigenvalue weighted by atomic mass is 9.93. The maximum absolute atomic E-state index is 13.6. The van der Waals surface area contributed by atoms with Gasteiger partial charge < -0.3 is 24.7 Å². The van der Waals surface area contributed by atoms with Crippen molar-refractivity contribution < 1.29 is 29.3 Å². The van der Waals surface area contributed by atoms with Crippen LogP contribution >= 0.6 is 0 Å². The largest absolute Gasteiger partial charge is 0.507 e. The number of rotatable bonds is 8. The van der Waals surface area contributed by atoms with E-state index in [0.717, 1.165) is 5.56 Å². The number of aromatic amines is 1. The molecule has 3 N–H and O–H groups in total. The molecule has 1 fully saturated rings. The lowest BCUT2D eigenvalue weighted by molar-refractivity contribution is -0.132. The lowest BCUT2D eigenvalue weighted by Gasteiger charge is -2.24. The predicted octanol–water partition coefficient (Wildman–Crippen LogP) is 5.82. The first-order valence-electron chi connectivity index (χ1n) is 13.2. The number of aliphatic hydroxyl groups is 1. The topological polar surface area (TPSA) is 125 Å². The number of phenols is 1. The number of carbonyl (C=O) groups is 2. The molecular weight excluding hydrogens is 510 g/mol. The van der Waals surface area contributed by atoms with Crippen molar-refractivity contribution in [1.29, 1.82) is 0 Å². The van der Waals surface area contributed by atoms with Gasteiger partial charge in [0.05, 0.1) is 35.9 Å². The van der Waals surface area contributed by atoms with Crippen LogP contribution in [0.2, 0.25) is 0 Å². The molecule has 5 rings (SSSR count). The van der Waals surface area contributed by atoms with Crippen molar-refractivity contribution in [3.63, 3.8) is 0 Å². The number of imidazole rings is 1. The molecule has 1 atom stereocenters. The minimum atomic E-state index is -1.05. The summed E-state index contributed by atoms with van der Waals surface area (Å²) in [6, 6.07) is 16.0. The molecular formula is C31H31N3O6. The second-order valence-corrected chi connectivity index (χ2v) is 9.75. The minimum absolute atomic E-state index is 0.0777. The molecule has 2 heterocycles. The summed E-state index contributed by atoms with van der Waals surface area (Å²) >= 11 is 0. The first-order chi connectivity index (χ1) is 19.2. The van der Waals surface area contributed by atoms with E-state index < -0.39 is 17.7 Å². The van der Waals surface area contributed by atoms with Gasteiger partial charge in [-0.05, 0) is 73.4 Å².